The highest BCUT2D eigenvalue weighted by Gasteiger charge is 2.13. The Labute approximate surface area is 204 Å². The number of sulfone groups is 1. The van der Waals surface area contributed by atoms with Crippen LogP contribution in [0.1, 0.15) is 12.5 Å². The molecule has 0 heterocycles. The van der Waals surface area contributed by atoms with Crippen molar-refractivity contribution < 1.29 is 22.3 Å². The highest BCUT2D eigenvalue weighted by molar-refractivity contribution is 7.91. The van der Waals surface area contributed by atoms with Crippen LogP contribution in [0.25, 0.3) is 11.1 Å². The maximum atomic E-state index is 13.7. The van der Waals surface area contributed by atoms with Crippen LogP contribution in [-0.2, 0) is 21.1 Å². The fourth-order valence-corrected chi connectivity index (χ4v) is 4.45. The van der Waals surface area contributed by atoms with Crippen molar-refractivity contribution in [2.45, 2.75) is 18.2 Å². The van der Waals surface area contributed by atoms with Gasteiger partial charge in [-0.1, -0.05) is 55.5 Å². The molecule has 0 saturated heterocycles. The van der Waals surface area contributed by atoms with E-state index in [-0.39, 0.29) is 23.0 Å². The Bertz CT molecular complexity index is 1440. The van der Waals surface area contributed by atoms with Gasteiger partial charge in [-0.3, -0.25) is 4.79 Å². The van der Waals surface area contributed by atoms with Gasteiger partial charge < -0.3 is 10.1 Å². The first-order valence-electron chi connectivity index (χ1n) is 11.1. The Kier molecular flexibility index (Phi) is 7.27. The number of anilines is 1. The minimum atomic E-state index is -3.29. The van der Waals surface area contributed by atoms with Crippen LogP contribution in [0.4, 0.5) is 10.1 Å². The normalized spacial score (nSPS) is 11.1. The molecule has 0 aliphatic heterocycles. The van der Waals surface area contributed by atoms with Crippen molar-refractivity contribution in [3.05, 3.63) is 108 Å². The predicted octanol–water partition coefficient (Wildman–Crippen LogP) is 6.26. The molecule has 1 amide bonds. The van der Waals surface area contributed by atoms with Gasteiger partial charge in [0.05, 0.1) is 17.1 Å². The molecule has 0 atom stereocenters. The number of halogens is 1. The zero-order valence-corrected chi connectivity index (χ0v) is 19.9. The van der Waals surface area contributed by atoms with Gasteiger partial charge >= 0.3 is 0 Å². The van der Waals surface area contributed by atoms with Crippen molar-refractivity contribution in [3.8, 4) is 22.6 Å². The van der Waals surface area contributed by atoms with E-state index >= 15 is 0 Å². The summed E-state index contributed by atoms with van der Waals surface area (Å²) in [6.07, 6.45) is 0.0764. The average Bonchev–Trinajstić information content (AvgIpc) is 2.85. The molecule has 5 nitrogen and oxygen atoms in total. The molecule has 0 aliphatic rings. The van der Waals surface area contributed by atoms with Gasteiger partial charge in [0.15, 0.2) is 9.84 Å². The summed E-state index contributed by atoms with van der Waals surface area (Å²) in [5.74, 6) is 0.152. The lowest BCUT2D eigenvalue weighted by molar-refractivity contribution is -0.115. The lowest BCUT2D eigenvalue weighted by Crippen LogP contribution is -2.14. The lowest BCUT2D eigenvalue weighted by atomic mass is 10.0. The molecule has 0 fully saturated rings. The second-order valence-corrected chi connectivity index (χ2v) is 10.2. The van der Waals surface area contributed by atoms with Crippen molar-refractivity contribution in [3.63, 3.8) is 0 Å². The predicted molar refractivity (Wildman–Crippen MR) is 135 cm³/mol. The molecule has 4 aromatic carbocycles. The fourth-order valence-electron chi connectivity index (χ4n) is 3.57. The molecule has 0 spiro atoms. The first kappa shape index (κ1) is 24.2. The molecule has 178 valence electrons. The number of benzene rings is 4. The Morgan fingerprint density at radius 3 is 2.31 bits per heavy atom. The summed E-state index contributed by atoms with van der Waals surface area (Å²) in [6.45, 7) is 1.59. The molecular formula is C28H24FNO4S. The first-order chi connectivity index (χ1) is 16.8. The van der Waals surface area contributed by atoms with E-state index < -0.39 is 15.7 Å². The maximum Gasteiger partial charge on any atom is 0.228 e. The summed E-state index contributed by atoms with van der Waals surface area (Å²) in [6, 6.07) is 27.1. The van der Waals surface area contributed by atoms with E-state index in [0.29, 0.717) is 22.7 Å². The van der Waals surface area contributed by atoms with E-state index in [1.807, 2.05) is 36.4 Å². The van der Waals surface area contributed by atoms with Gasteiger partial charge in [-0.15, -0.1) is 0 Å². The third kappa shape index (κ3) is 6.13. The molecule has 7 heteroatoms. The molecular weight excluding hydrogens is 465 g/mol. The topological polar surface area (TPSA) is 72.5 Å². The van der Waals surface area contributed by atoms with Crippen LogP contribution in [0.15, 0.2) is 102 Å². The van der Waals surface area contributed by atoms with Crippen LogP contribution >= 0.6 is 0 Å². The van der Waals surface area contributed by atoms with Gasteiger partial charge in [-0.05, 0) is 47.5 Å². The quantitative estimate of drug-likeness (QED) is 0.317. The molecule has 0 aliphatic carbocycles. The van der Waals surface area contributed by atoms with Crippen LogP contribution < -0.4 is 10.1 Å². The summed E-state index contributed by atoms with van der Waals surface area (Å²) < 4.78 is 43.6. The van der Waals surface area contributed by atoms with Crippen molar-refractivity contribution in [2.75, 3.05) is 11.1 Å². The summed E-state index contributed by atoms with van der Waals surface area (Å²) >= 11 is 0. The Morgan fingerprint density at radius 1 is 0.886 bits per heavy atom. The van der Waals surface area contributed by atoms with Gasteiger partial charge in [0.25, 0.3) is 0 Å². The highest BCUT2D eigenvalue weighted by atomic mass is 32.2. The molecule has 0 unspecified atom stereocenters. The van der Waals surface area contributed by atoms with Gasteiger partial charge in [0, 0.05) is 23.4 Å². The minimum absolute atomic E-state index is 0.0197. The SMILES string of the molecule is CCS(=O)(=O)c1ccc(CC(=O)Nc2ccc(-c3ccccc3)c(Oc3cccc(F)c3)c2)cc1. The van der Waals surface area contributed by atoms with E-state index in [1.54, 1.807) is 43.3 Å². The summed E-state index contributed by atoms with van der Waals surface area (Å²) in [7, 11) is -3.29. The largest absolute Gasteiger partial charge is 0.457 e. The smallest absolute Gasteiger partial charge is 0.228 e. The number of carbonyl (C=O) groups excluding carboxylic acids is 1. The number of nitrogens with one attached hydrogen (secondary N) is 1. The zero-order chi connectivity index (χ0) is 24.8. The molecule has 0 aromatic heterocycles. The van der Waals surface area contributed by atoms with Crippen molar-refractivity contribution >= 4 is 21.4 Å². The van der Waals surface area contributed by atoms with Crippen LogP contribution in [-0.4, -0.2) is 20.1 Å². The van der Waals surface area contributed by atoms with Crippen LogP contribution in [0.5, 0.6) is 11.5 Å². The second-order valence-electron chi connectivity index (χ2n) is 7.91. The third-order valence-corrected chi connectivity index (χ3v) is 7.15. The molecule has 0 radical (unpaired) electrons. The first-order valence-corrected chi connectivity index (χ1v) is 12.7. The maximum absolute atomic E-state index is 13.7. The Morgan fingerprint density at radius 2 is 1.63 bits per heavy atom. The summed E-state index contributed by atoms with van der Waals surface area (Å²) in [5, 5.41) is 2.85. The third-order valence-electron chi connectivity index (χ3n) is 5.40. The number of amides is 1. The van der Waals surface area contributed by atoms with Gasteiger partial charge in [-0.25, -0.2) is 12.8 Å². The number of hydrogen-bond donors (Lipinski definition) is 1. The molecule has 0 saturated carbocycles. The minimum Gasteiger partial charge on any atom is -0.457 e. The van der Waals surface area contributed by atoms with Gasteiger partial charge in [0.2, 0.25) is 5.91 Å². The van der Waals surface area contributed by atoms with E-state index in [9.17, 15) is 17.6 Å². The van der Waals surface area contributed by atoms with E-state index in [0.717, 1.165) is 11.1 Å². The fraction of sp³-hybridized carbons (Fsp3) is 0.107. The molecule has 4 aromatic rings. The van der Waals surface area contributed by atoms with Gasteiger partial charge in [0.1, 0.15) is 17.3 Å². The van der Waals surface area contributed by atoms with E-state index in [2.05, 4.69) is 5.32 Å². The Balaban J connectivity index is 1.55. The standard InChI is InChI=1S/C28H24FNO4S/c1-2-35(32,33)25-14-11-20(12-15-25)17-28(31)30-23-13-16-26(21-7-4-3-5-8-21)27(19-23)34-24-10-6-9-22(29)18-24/h3-16,18-19H,2,17H2,1H3,(H,30,31). The molecule has 1 N–H and O–H groups in total. The van der Waals surface area contributed by atoms with E-state index in [1.165, 1.54) is 24.3 Å². The number of rotatable bonds is 8. The van der Waals surface area contributed by atoms with E-state index in [4.69, 9.17) is 4.74 Å². The van der Waals surface area contributed by atoms with Crippen LogP contribution in [0.3, 0.4) is 0 Å². The molecule has 35 heavy (non-hydrogen) atoms. The summed E-state index contributed by atoms with van der Waals surface area (Å²) in [4.78, 5) is 12.9. The van der Waals surface area contributed by atoms with Crippen molar-refractivity contribution in [1.82, 2.24) is 0 Å². The van der Waals surface area contributed by atoms with Gasteiger partial charge in [-0.2, -0.15) is 0 Å². The number of carbonyl (C=O) groups is 1. The molecule has 0 bridgehead atoms. The molecule has 4 rings (SSSR count). The van der Waals surface area contributed by atoms with Crippen molar-refractivity contribution in [1.29, 1.82) is 0 Å². The van der Waals surface area contributed by atoms with Crippen LogP contribution in [0, 0.1) is 5.82 Å². The lowest BCUT2D eigenvalue weighted by Gasteiger charge is -2.14. The number of ether oxygens (including phenoxy) is 1. The summed E-state index contributed by atoms with van der Waals surface area (Å²) in [5.41, 5.74) is 2.92. The second kappa shape index (κ2) is 10.5. The highest BCUT2D eigenvalue weighted by Crippen LogP contribution is 2.36. The monoisotopic (exact) mass is 489 g/mol. The number of hydrogen-bond acceptors (Lipinski definition) is 4. The van der Waals surface area contributed by atoms with Crippen molar-refractivity contribution in [2.24, 2.45) is 0 Å². The average molecular weight is 490 g/mol. The van der Waals surface area contributed by atoms with Crippen LogP contribution in [0.2, 0.25) is 0 Å². The Hall–Kier alpha value is -3.97. The zero-order valence-electron chi connectivity index (χ0n) is 19.1.